The molecule has 1 aliphatic carbocycles. The maximum absolute atomic E-state index is 6.33. The zero-order valence-corrected chi connectivity index (χ0v) is 21.5. The molecule has 9 aromatic rings. The molecule has 0 fully saturated rings. The van der Waals surface area contributed by atoms with Crippen LogP contribution in [0.1, 0.15) is 0 Å². The van der Waals surface area contributed by atoms with Crippen molar-refractivity contribution in [1.82, 2.24) is 4.57 Å². The van der Waals surface area contributed by atoms with Gasteiger partial charge in [0.1, 0.15) is 11.2 Å². The number of para-hydroxylation sites is 1. The number of benzene rings is 7. The van der Waals surface area contributed by atoms with E-state index in [2.05, 4.69) is 132 Å². The molecule has 184 valence electrons. The van der Waals surface area contributed by atoms with Crippen LogP contribution in [0.3, 0.4) is 0 Å². The number of fused-ring (bicyclic) bond motifs is 11. The third-order valence-electron chi connectivity index (χ3n) is 8.88. The summed E-state index contributed by atoms with van der Waals surface area (Å²) >= 11 is 0. The van der Waals surface area contributed by atoms with E-state index in [4.69, 9.17) is 4.42 Å². The number of nitrogens with zero attached hydrogens (tertiary/aromatic N) is 1. The van der Waals surface area contributed by atoms with Crippen molar-refractivity contribution in [2.45, 2.75) is 0 Å². The second-order valence-electron chi connectivity index (χ2n) is 10.9. The molecule has 0 amide bonds. The minimum absolute atomic E-state index is 0.915. The maximum atomic E-state index is 6.33. The van der Waals surface area contributed by atoms with Crippen LogP contribution in [0.4, 0.5) is 0 Å². The highest BCUT2D eigenvalue weighted by atomic mass is 16.3. The molecular formula is C38H21NO. The minimum Gasteiger partial charge on any atom is -0.456 e. The first-order valence-electron chi connectivity index (χ1n) is 13.8. The fourth-order valence-corrected chi connectivity index (χ4v) is 7.21. The molecule has 0 bridgehead atoms. The van der Waals surface area contributed by atoms with Crippen molar-refractivity contribution in [2.24, 2.45) is 0 Å². The number of furan rings is 1. The van der Waals surface area contributed by atoms with Crippen molar-refractivity contribution in [3.8, 4) is 27.9 Å². The highest BCUT2D eigenvalue weighted by Crippen LogP contribution is 2.52. The van der Waals surface area contributed by atoms with Gasteiger partial charge in [0.05, 0.1) is 11.0 Å². The van der Waals surface area contributed by atoms with Gasteiger partial charge in [-0.25, -0.2) is 0 Å². The monoisotopic (exact) mass is 507 g/mol. The van der Waals surface area contributed by atoms with Crippen LogP contribution < -0.4 is 0 Å². The lowest BCUT2D eigenvalue weighted by atomic mass is 9.98. The molecular weight excluding hydrogens is 486 g/mol. The molecule has 2 heteroatoms. The van der Waals surface area contributed by atoms with Gasteiger partial charge in [0.15, 0.2) is 0 Å². The van der Waals surface area contributed by atoms with Gasteiger partial charge in [-0.15, -0.1) is 0 Å². The molecule has 2 aromatic heterocycles. The molecule has 0 saturated carbocycles. The van der Waals surface area contributed by atoms with E-state index < -0.39 is 0 Å². The molecule has 7 aromatic carbocycles. The predicted octanol–water partition coefficient (Wildman–Crippen LogP) is 10.6. The fraction of sp³-hybridized carbons (Fsp3) is 0. The van der Waals surface area contributed by atoms with Gasteiger partial charge in [-0.1, -0.05) is 84.9 Å². The summed E-state index contributed by atoms with van der Waals surface area (Å²) in [5.74, 6) is 0. The van der Waals surface area contributed by atoms with Gasteiger partial charge in [-0.05, 0) is 80.7 Å². The normalized spacial score (nSPS) is 12.5. The lowest BCUT2D eigenvalue weighted by molar-refractivity contribution is 0.669. The van der Waals surface area contributed by atoms with Crippen LogP contribution in [0.2, 0.25) is 0 Å². The van der Waals surface area contributed by atoms with Crippen LogP contribution in [0.15, 0.2) is 132 Å². The third kappa shape index (κ3) is 2.49. The Balaban J connectivity index is 1.31. The molecule has 0 N–H and O–H groups in total. The lowest BCUT2D eigenvalue weighted by Crippen LogP contribution is -1.93. The third-order valence-corrected chi connectivity index (χ3v) is 8.88. The first-order chi connectivity index (χ1) is 19.8. The molecule has 0 atom stereocenters. The Bertz CT molecular complexity index is 2540. The van der Waals surface area contributed by atoms with E-state index >= 15 is 0 Å². The molecule has 1 aliphatic rings. The smallest absolute Gasteiger partial charge is 0.136 e. The van der Waals surface area contributed by atoms with Crippen LogP contribution in [0.5, 0.6) is 0 Å². The lowest BCUT2D eigenvalue weighted by Gasteiger charge is -2.09. The summed E-state index contributed by atoms with van der Waals surface area (Å²) in [7, 11) is 0. The van der Waals surface area contributed by atoms with Crippen molar-refractivity contribution in [2.75, 3.05) is 0 Å². The van der Waals surface area contributed by atoms with Crippen LogP contribution in [-0.2, 0) is 0 Å². The first kappa shape index (κ1) is 20.6. The second-order valence-corrected chi connectivity index (χ2v) is 10.9. The Morgan fingerprint density at radius 1 is 0.425 bits per heavy atom. The molecule has 0 saturated heterocycles. The van der Waals surface area contributed by atoms with Gasteiger partial charge < -0.3 is 8.98 Å². The van der Waals surface area contributed by atoms with Gasteiger partial charge >= 0.3 is 0 Å². The van der Waals surface area contributed by atoms with Gasteiger partial charge in [0.25, 0.3) is 0 Å². The Labute approximate surface area is 229 Å². The summed E-state index contributed by atoms with van der Waals surface area (Å²) < 4.78 is 8.75. The summed E-state index contributed by atoms with van der Waals surface area (Å²) in [6.45, 7) is 0. The zero-order valence-electron chi connectivity index (χ0n) is 21.5. The van der Waals surface area contributed by atoms with E-state index in [0.717, 1.165) is 27.6 Å². The topological polar surface area (TPSA) is 18.1 Å². The fourth-order valence-electron chi connectivity index (χ4n) is 7.21. The number of rotatable bonds is 1. The quantitative estimate of drug-likeness (QED) is 0.216. The standard InChI is InChI=1S/C38H21NO/c1-2-8-24-20-35-30(19-23(24)7-1)31-21-25(15-18-34(31)40-35)39-32-14-4-3-11-28(32)38-33(39)17-16-27-26-12-5-9-22-10-6-13-29(36(22)26)37(27)38/h1-21H. The number of hydrogen-bond acceptors (Lipinski definition) is 1. The largest absolute Gasteiger partial charge is 0.456 e. The van der Waals surface area contributed by atoms with Crippen molar-refractivity contribution in [1.29, 1.82) is 0 Å². The average Bonchev–Trinajstić information content (AvgIpc) is 3.64. The summed E-state index contributed by atoms with van der Waals surface area (Å²) in [6, 6.07) is 46.3. The van der Waals surface area contributed by atoms with Crippen molar-refractivity contribution in [3.63, 3.8) is 0 Å². The van der Waals surface area contributed by atoms with Crippen molar-refractivity contribution < 1.29 is 4.42 Å². The SMILES string of the molecule is c1ccc2cc3c(cc2c1)oc1ccc(-n2c4ccccc4c4c5c(ccc42)-c2cccc4cccc-5c24)cc13. The van der Waals surface area contributed by atoms with Gasteiger partial charge in [0.2, 0.25) is 0 Å². The Hall–Kier alpha value is -5.34. The summed E-state index contributed by atoms with van der Waals surface area (Å²) in [6.07, 6.45) is 0. The van der Waals surface area contributed by atoms with Crippen LogP contribution in [0.25, 0.3) is 93.2 Å². The van der Waals surface area contributed by atoms with Crippen LogP contribution in [-0.4, -0.2) is 4.57 Å². The van der Waals surface area contributed by atoms with E-state index in [-0.39, 0.29) is 0 Å². The van der Waals surface area contributed by atoms with Gasteiger partial charge in [-0.2, -0.15) is 0 Å². The second kappa shape index (κ2) is 7.19. The number of aromatic nitrogens is 1. The summed E-state index contributed by atoms with van der Waals surface area (Å²) in [4.78, 5) is 0. The average molecular weight is 508 g/mol. The molecule has 10 rings (SSSR count). The molecule has 2 heterocycles. The molecule has 0 spiro atoms. The van der Waals surface area contributed by atoms with E-state index in [1.165, 1.54) is 65.6 Å². The zero-order chi connectivity index (χ0) is 25.9. The maximum Gasteiger partial charge on any atom is 0.136 e. The highest BCUT2D eigenvalue weighted by molar-refractivity contribution is 6.26. The van der Waals surface area contributed by atoms with Crippen LogP contribution in [0, 0.1) is 0 Å². The van der Waals surface area contributed by atoms with Crippen molar-refractivity contribution >= 4 is 65.3 Å². The molecule has 0 unspecified atom stereocenters. The minimum atomic E-state index is 0.915. The molecule has 2 nitrogen and oxygen atoms in total. The predicted molar refractivity (Wildman–Crippen MR) is 168 cm³/mol. The van der Waals surface area contributed by atoms with Gasteiger partial charge in [0, 0.05) is 32.8 Å². The first-order valence-corrected chi connectivity index (χ1v) is 13.8. The van der Waals surface area contributed by atoms with E-state index in [0.29, 0.717) is 0 Å². The highest BCUT2D eigenvalue weighted by Gasteiger charge is 2.26. The Kier molecular flexibility index (Phi) is 3.70. The molecule has 40 heavy (non-hydrogen) atoms. The van der Waals surface area contributed by atoms with E-state index in [9.17, 15) is 0 Å². The molecule has 0 aliphatic heterocycles. The van der Waals surface area contributed by atoms with Crippen molar-refractivity contribution in [3.05, 3.63) is 127 Å². The van der Waals surface area contributed by atoms with E-state index in [1.54, 1.807) is 0 Å². The van der Waals surface area contributed by atoms with Gasteiger partial charge in [-0.3, -0.25) is 0 Å². The van der Waals surface area contributed by atoms with E-state index in [1.807, 2.05) is 0 Å². The summed E-state index contributed by atoms with van der Waals surface area (Å²) in [5, 5.41) is 9.98. The Morgan fingerprint density at radius 2 is 1.18 bits per heavy atom. The Morgan fingerprint density at radius 3 is 2.08 bits per heavy atom. The molecule has 0 radical (unpaired) electrons. The van der Waals surface area contributed by atoms with Crippen LogP contribution >= 0.6 is 0 Å². The summed E-state index contributed by atoms with van der Waals surface area (Å²) in [5.41, 5.74) is 10.8. The number of hydrogen-bond donors (Lipinski definition) is 0.